The van der Waals surface area contributed by atoms with Crippen LogP contribution in [0.25, 0.3) is 11.1 Å². The first-order valence-corrected chi connectivity index (χ1v) is 10.4. The Morgan fingerprint density at radius 1 is 0.931 bits per heavy atom. The maximum absolute atomic E-state index is 14.0. The summed E-state index contributed by atoms with van der Waals surface area (Å²) in [4.78, 5) is 11.5. The number of nitrogens with one attached hydrogen (secondary N) is 1. The van der Waals surface area contributed by atoms with Gasteiger partial charge in [0.1, 0.15) is 11.6 Å². The van der Waals surface area contributed by atoms with Gasteiger partial charge < -0.3 is 10.1 Å². The molecule has 0 saturated heterocycles. The van der Waals surface area contributed by atoms with Gasteiger partial charge in [-0.3, -0.25) is 4.79 Å². The van der Waals surface area contributed by atoms with Crippen LogP contribution >= 0.6 is 0 Å². The molecule has 0 bridgehead atoms. The summed E-state index contributed by atoms with van der Waals surface area (Å²) in [7, 11) is -3.37. The number of rotatable bonds is 5. The molecule has 0 saturated carbocycles. The van der Waals surface area contributed by atoms with E-state index in [4.69, 9.17) is 4.74 Å². The quantitative estimate of drug-likeness (QED) is 0.648. The summed E-state index contributed by atoms with van der Waals surface area (Å²) < 4.78 is 56.2. The van der Waals surface area contributed by atoms with Gasteiger partial charge in [-0.05, 0) is 48.0 Å². The first-order valence-electron chi connectivity index (χ1n) is 8.48. The number of anilines is 1. The summed E-state index contributed by atoms with van der Waals surface area (Å²) in [5.74, 6) is -1.80. The monoisotopic (exact) mass is 417 g/mol. The Balaban J connectivity index is 2.07. The van der Waals surface area contributed by atoms with Crippen LogP contribution < -0.4 is 10.1 Å². The molecule has 0 unspecified atom stereocenters. The zero-order valence-electron chi connectivity index (χ0n) is 15.6. The number of halogens is 2. The lowest BCUT2D eigenvalue weighted by atomic mass is 10.0. The normalized spacial score (nSPS) is 11.2. The van der Waals surface area contributed by atoms with Crippen LogP contribution in [-0.4, -0.2) is 20.6 Å². The number of carbonyl (C=O) groups is 1. The van der Waals surface area contributed by atoms with Crippen molar-refractivity contribution < 1.29 is 26.7 Å². The van der Waals surface area contributed by atoms with Gasteiger partial charge in [-0.15, -0.1) is 0 Å². The lowest BCUT2D eigenvalue weighted by molar-refractivity contribution is -0.114. The van der Waals surface area contributed by atoms with E-state index < -0.39 is 21.5 Å². The topological polar surface area (TPSA) is 72.5 Å². The minimum atomic E-state index is -3.37. The van der Waals surface area contributed by atoms with Crippen LogP contribution in [0.4, 0.5) is 14.5 Å². The molecule has 0 heterocycles. The van der Waals surface area contributed by atoms with Crippen molar-refractivity contribution in [1.29, 1.82) is 0 Å². The summed E-state index contributed by atoms with van der Waals surface area (Å²) in [6.45, 7) is 1.36. The van der Waals surface area contributed by atoms with E-state index in [0.717, 1.165) is 12.3 Å². The lowest BCUT2D eigenvalue weighted by Gasteiger charge is -2.14. The van der Waals surface area contributed by atoms with Crippen molar-refractivity contribution in [2.75, 3.05) is 11.6 Å². The van der Waals surface area contributed by atoms with Gasteiger partial charge in [-0.2, -0.15) is 0 Å². The number of amides is 1. The molecule has 0 aliphatic heterocycles. The second-order valence-corrected chi connectivity index (χ2v) is 8.38. The number of hydrogen-bond donors (Lipinski definition) is 1. The molecule has 8 heteroatoms. The molecular weight excluding hydrogens is 400 g/mol. The van der Waals surface area contributed by atoms with E-state index in [9.17, 15) is 22.0 Å². The second kappa shape index (κ2) is 8.00. The van der Waals surface area contributed by atoms with E-state index in [1.165, 1.54) is 31.2 Å². The molecule has 1 N–H and O–H groups in total. The van der Waals surface area contributed by atoms with Crippen LogP contribution in [0.5, 0.6) is 11.5 Å². The number of hydrogen-bond acceptors (Lipinski definition) is 4. The molecule has 29 heavy (non-hydrogen) atoms. The van der Waals surface area contributed by atoms with Gasteiger partial charge in [0.2, 0.25) is 5.91 Å². The molecular formula is C21H17F2NO4S. The summed E-state index contributed by atoms with van der Waals surface area (Å²) in [6, 6.07) is 13.7. The van der Waals surface area contributed by atoms with E-state index in [1.807, 2.05) is 0 Å². The van der Waals surface area contributed by atoms with Crippen molar-refractivity contribution in [3.63, 3.8) is 0 Å². The standard InChI is InChI=1S/C21H17F2NO4S/c1-13(25)24-16-6-10-20(28-21-9-5-15(22)11-19(21)23)18(12-16)14-3-7-17(8-4-14)29(2,26)27/h3-12H,1-2H3,(H,24,25). The Morgan fingerprint density at radius 3 is 2.17 bits per heavy atom. The summed E-state index contributed by atoms with van der Waals surface area (Å²) in [5.41, 5.74) is 1.55. The van der Waals surface area contributed by atoms with E-state index in [-0.39, 0.29) is 22.3 Å². The van der Waals surface area contributed by atoms with Crippen LogP contribution in [0.1, 0.15) is 6.92 Å². The smallest absolute Gasteiger partial charge is 0.221 e. The van der Waals surface area contributed by atoms with Gasteiger partial charge in [-0.25, -0.2) is 17.2 Å². The average Bonchev–Trinajstić information content (AvgIpc) is 2.64. The molecule has 3 aromatic carbocycles. The van der Waals surface area contributed by atoms with Gasteiger partial charge in [0.05, 0.1) is 4.90 Å². The Bertz CT molecular complexity index is 1180. The molecule has 5 nitrogen and oxygen atoms in total. The Hall–Kier alpha value is -3.26. The molecule has 0 aromatic heterocycles. The Morgan fingerprint density at radius 2 is 1.59 bits per heavy atom. The van der Waals surface area contributed by atoms with Crippen molar-refractivity contribution in [2.24, 2.45) is 0 Å². The molecule has 0 radical (unpaired) electrons. The maximum atomic E-state index is 14.0. The zero-order valence-corrected chi connectivity index (χ0v) is 16.4. The van der Waals surface area contributed by atoms with Gasteiger partial charge >= 0.3 is 0 Å². The second-order valence-electron chi connectivity index (χ2n) is 6.37. The number of benzene rings is 3. The highest BCUT2D eigenvalue weighted by Gasteiger charge is 2.14. The Kier molecular flexibility index (Phi) is 5.65. The molecule has 1 amide bonds. The fourth-order valence-corrected chi connectivity index (χ4v) is 3.31. The van der Waals surface area contributed by atoms with E-state index in [0.29, 0.717) is 22.9 Å². The van der Waals surface area contributed by atoms with Crippen molar-refractivity contribution in [3.8, 4) is 22.6 Å². The highest BCUT2D eigenvalue weighted by molar-refractivity contribution is 7.90. The molecule has 0 fully saturated rings. The van der Waals surface area contributed by atoms with Crippen molar-refractivity contribution in [1.82, 2.24) is 0 Å². The van der Waals surface area contributed by atoms with Crippen LogP contribution in [0, 0.1) is 11.6 Å². The summed E-state index contributed by atoms with van der Waals surface area (Å²) in [6.07, 6.45) is 1.10. The van der Waals surface area contributed by atoms with Crippen LogP contribution in [0.15, 0.2) is 65.6 Å². The van der Waals surface area contributed by atoms with E-state index >= 15 is 0 Å². The first-order chi connectivity index (χ1) is 13.6. The highest BCUT2D eigenvalue weighted by Crippen LogP contribution is 2.37. The average molecular weight is 417 g/mol. The predicted molar refractivity (Wildman–Crippen MR) is 106 cm³/mol. The summed E-state index contributed by atoms with van der Waals surface area (Å²) in [5, 5.41) is 2.65. The van der Waals surface area contributed by atoms with Gasteiger partial charge in [0.15, 0.2) is 21.4 Å². The predicted octanol–water partition coefficient (Wildman–Crippen LogP) is 4.79. The van der Waals surface area contributed by atoms with Gasteiger partial charge in [0.25, 0.3) is 0 Å². The molecule has 3 rings (SSSR count). The molecule has 150 valence electrons. The number of carbonyl (C=O) groups excluding carboxylic acids is 1. The molecule has 3 aromatic rings. The van der Waals surface area contributed by atoms with Crippen LogP contribution in [-0.2, 0) is 14.6 Å². The lowest BCUT2D eigenvalue weighted by Crippen LogP contribution is -2.06. The molecule has 0 aliphatic carbocycles. The molecule has 0 atom stereocenters. The van der Waals surface area contributed by atoms with E-state index in [1.54, 1.807) is 24.3 Å². The third-order valence-electron chi connectivity index (χ3n) is 4.01. The third-order valence-corrected chi connectivity index (χ3v) is 5.14. The van der Waals surface area contributed by atoms with Gasteiger partial charge in [-0.1, -0.05) is 12.1 Å². The SMILES string of the molecule is CC(=O)Nc1ccc(Oc2ccc(F)cc2F)c(-c2ccc(S(C)(=O)=O)cc2)c1. The van der Waals surface area contributed by atoms with Crippen molar-refractivity contribution >= 4 is 21.4 Å². The van der Waals surface area contributed by atoms with Crippen LogP contribution in [0.2, 0.25) is 0 Å². The third kappa shape index (κ3) is 4.97. The van der Waals surface area contributed by atoms with Crippen molar-refractivity contribution in [2.45, 2.75) is 11.8 Å². The molecule has 0 aliphatic rings. The van der Waals surface area contributed by atoms with Crippen LogP contribution in [0.3, 0.4) is 0 Å². The zero-order chi connectivity index (χ0) is 21.2. The minimum Gasteiger partial charge on any atom is -0.454 e. The number of sulfone groups is 1. The van der Waals surface area contributed by atoms with Gasteiger partial charge in [0, 0.05) is 30.5 Å². The fraction of sp³-hybridized carbons (Fsp3) is 0.0952. The maximum Gasteiger partial charge on any atom is 0.221 e. The van der Waals surface area contributed by atoms with E-state index in [2.05, 4.69) is 5.32 Å². The largest absolute Gasteiger partial charge is 0.454 e. The highest BCUT2D eigenvalue weighted by atomic mass is 32.2. The summed E-state index contributed by atoms with van der Waals surface area (Å²) >= 11 is 0. The number of ether oxygens (including phenoxy) is 1. The first kappa shape index (κ1) is 20.5. The van der Waals surface area contributed by atoms with Crippen molar-refractivity contribution in [3.05, 3.63) is 72.3 Å². The minimum absolute atomic E-state index is 0.145. The fourth-order valence-electron chi connectivity index (χ4n) is 2.68. The Labute approximate surface area is 166 Å². The molecule has 0 spiro atoms.